The molecule has 5 nitrogen and oxygen atoms in total. The maximum atomic E-state index is 12.9. The van der Waals surface area contributed by atoms with E-state index in [1.807, 2.05) is 26.0 Å². The lowest BCUT2D eigenvalue weighted by Gasteiger charge is -2.30. The number of nitrogens with zero attached hydrogens (tertiary/aromatic N) is 1. The van der Waals surface area contributed by atoms with E-state index in [1.54, 1.807) is 11.3 Å². The van der Waals surface area contributed by atoms with E-state index in [0.29, 0.717) is 17.5 Å². The second-order valence-corrected chi connectivity index (χ2v) is 9.10. The zero-order valence-corrected chi connectivity index (χ0v) is 18.4. The maximum absolute atomic E-state index is 12.9. The molecule has 1 aliphatic rings. The lowest BCUT2D eigenvalue weighted by molar-refractivity contribution is 0.0907. The minimum atomic E-state index is -0.343. The van der Waals surface area contributed by atoms with Crippen LogP contribution in [0.4, 0.5) is 0 Å². The summed E-state index contributed by atoms with van der Waals surface area (Å²) in [5, 5.41) is 5.64. The Kier molecular flexibility index (Phi) is 6.35. The molecule has 0 aliphatic carbocycles. The van der Waals surface area contributed by atoms with Gasteiger partial charge >= 0.3 is 0 Å². The Labute approximate surface area is 180 Å². The predicted octanol–water partition coefficient (Wildman–Crippen LogP) is 4.82. The van der Waals surface area contributed by atoms with E-state index in [9.17, 15) is 9.59 Å². The van der Waals surface area contributed by atoms with Gasteiger partial charge in [-0.2, -0.15) is 0 Å². The number of rotatable bonds is 5. The average molecular weight is 425 g/mol. The van der Waals surface area contributed by atoms with Crippen LogP contribution in [0.25, 0.3) is 11.0 Å². The van der Waals surface area contributed by atoms with Gasteiger partial charge in [0.2, 0.25) is 0 Å². The molecule has 3 aromatic rings. The summed E-state index contributed by atoms with van der Waals surface area (Å²) in [6.45, 7) is 6.42. The fraction of sp³-hybridized carbons (Fsp3) is 0.417. The maximum Gasteiger partial charge on any atom is 0.287 e. The topological polar surface area (TPSA) is 62.6 Å². The van der Waals surface area contributed by atoms with Crippen molar-refractivity contribution >= 4 is 28.2 Å². The van der Waals surface area contributed by atoms with Crippen molar-refractivity contribution in [1.82, 2.24) is 10.2 Å². The summed E-state index contributed by atoms with van der Waals surface area (Å²) >= 11 is 1.72. The number of hydrogen-bond acceptors (Lipinski definition) is 5. The number of hydrogen-bond donors (Lipinski definition) is 1. The molecule has 6 heteroatoms. The molecule has 0 spiro atoms. The van der Waals surface area contributed by atoms with E-state index >= 15 is 0 Å². The number of carbonyl (C=O) groups excluding carboxylic acids is 1. The highest BCUT2D eigenvalue weighted by Crippen LogP contribution is 2.27. The highest BCUT2D eigenvalue weighted by atomic mass is 32.1. The summed E-state index contributed by atoms with van der Waals surface area (Å²) in [5.74, 6) is -0.275. The Hall–Kier alpha value is -2.44. The summed E-state index contributed by atoms with van der Waals surface area (Å²) in [7, 11) is 0. The van der Waals surface area contributed by atoms with Crippen LogP contribution in [0.15, 0.2) is 44.9 Å². The first-order valence-electron chi connectivity index (χ1n) is 10.6. The van der Waals surface area contributed by atoms with Crippen molar-refractivity contribution in [2.24, 2.45) is 0 Å². The van der Waals surface area contributed by atoms with Crippen molar-refractivity contribution < 1.29 is 9.21 Å². The van der Waals surface area contributed by atoms with Crippen molar-refractivity contribution in [3.05, 3.63) is 67.7 Å². The Balaban J connectivity index is 1.55. The normalized spacial score (nSPS) is 16.3. The summed E-state index contributed by atoms with van der Waals surface area (Å²) in [5.41, 5.74) is 2.15. The molecule has 1 amide bonds. The zero-order valence-electron chi connectivity index (χ0n) is 17.6. The number of benzene rings is 1. The third-order valence-electron chi connectivity index (χ3n) is 5.80. The van der Waals surface area contributed by atoms with Crippen LogP contribution in [0.3, 0.4) is 0 Å². The SMILES string of the molecule is Cc1cc(C)c2c(=O)cc(C(=O)NCC(c3cccs3)N3CCCCCC3)oc2c1. The zero-order chi connectivity index (χ0) is 21.1. The third kappa shape index (κ3) is 4.50. The van der Waals surface area contributed by atoms with Crippen molar-refractivity contribution in [1.29, 1.82) is 0 Å². The summed E-state index contributed by atoms with van der Waals surface area (Å²) in [6.07, 6.45) is 4.91. The Morgan fingerprint density at radius 2 is 1.93 bits per heavy atom. The van der Waals surface area contributed by atoms with Crippen molar-refractivity contribution in [3.8, 4) is 0 Å². The predicted molar refractivity (Wildman–Crippen MR) is 121 cm³/mol. The first-order chi connectivity index (χ1) is 14.5. The number of aryl methyl sites for hydroxylation is 2. The first-order valence-corrected chi connectivity index (χ1v) is 11.5. The van der Waals surface area contributed by atoms with Crippen LogP contribution in [0.1, 0.15) is 58.3 Å². The fourth-order valence-corrected chi connectivity index (χ4v) is 5.21. The minimum Gasteiger partial charge on any atom is -0.451 e. The number of carbonyl (C=O) groups is 1. The van der Waals surface area contributed by atoms with Crippen LogP contribution >= 0.6 is 11.3 Å². The molecule has 1 N–H and O–H groups in total. The molecule has 0 bridgehead atoms. The summed E-state index contributed by atoms with van der Waals surface area (Å²) in [6, 6.07) is 9.40. The smallest absolute Gasteiger partial charge is 0.287 e. The van der Waals surface area contributed by atoms with Crippen LogP contribution in [-0.4, -0.2) is 30.4 Å². The lowest BCUT2D eigenvalue weighted by Crippen LogP contribution is -2.38. The van der Waals surface area contributed by atoms with Gasteiger partial charge in [0.1, 0.15) is 5.58 Å². The Morgan fingerprint density at radius 1 is 1.17 bits per heavy atom. The van der Waals surface area contributed by atoms with Gasteiger partial charge in [-0.25, -0.2) is 0 Å². The molecule has 1 unspecified atom stereocenters. The van der Waals surface area contributed by atoms with Gasteiger partial charge in [0, 0.05) is 17.5 Å². The van der Waals surface area contributed by atoms with Gasteiger partial charge in [-0.3, -0.25) is 14.5 Å². The number of thiophene rings is 1. The third-order valence-corrected chi connectivity index (χ3v) is 6.78. The molecular weight excluding hydrogens is 396 g/mol. The molecule has 1 aliphatic heterocycles. The Morgan fingerprint density at radius 3 is 2.63 bits per heavy atom. The number of amides is 1. The lowest BCUT2D eigenvalue weighted by atomic mass is 10.1. The van der Waals surface area contributed by atoms with E-state index in [2.05, 4.69) is 27.7 Å². The van der Waals surface area contributed by atoms with Gasteiger partial charge in [-0.1, -0.05) is 25.0 Å². The average Bonchev–Trinajstić information content (AvgIpc) is 3.10. The largest absolute Gasteiger partial charge is 0.451 e. The first kappa shape index (κ1) is 20.8. The van der Waals surface area contributed by atoms with Crippen molar-refractivity contribution in [2.45, 2.75) is 45.6 Å². The molecular formula is C24H28N2O3S. The molecule has 2 aromatic heterocycles. The quantitative estimate of drug-likeness (QED) is 0.638. The van der Waals surface area contributed by atoms with Gasteiger partial charge in [0.05, 0.1) is 11.4 Å². The molecule has 3 heterocycles. The van der Waals surface area contributed by atoms with Gasteiger partial charge in [0.25, 0.3) is 5.91 Å². The molecule has 1 fully saturated rings. The van der Waals surface area contributed by atoms with Crippen LogP contribution in [0, 0.1) is 13.8 Å². The second kappa shape index (κ2) is 9.14. The van der Waals surface area contributed by atoms with E-state index < -0.39 is 0 Å². The number of nitrogens with one attached hydrogen (secondary N) is 1. The summed E-state index contributed by atoms with van der Waals surface area (Å²) < 4.78 is 5.83. The molecule has 1 atom stereocenters. The highest BCUT2D eigenvalue weighted by Gasteiger charge is 2.24. The van der Waals surface area contributed by atoms with Crippen molar-refractivity contribution in [2.75, 3.05) is 19.6 Å². The van der Waals surface area contributed by atoms with Gasteiger partial charge in [0.15, 0.2) is 11.2 Å². The highest BCUT2D eigenvalue weighted by molar-refractivity contribution is 7.10. The van der Waals surface area contributed by atoms with Crippen LogP contribution in [0.5, 0.6) is 0 Å². The van der Waals surface area contributed by atoms with E-state index in [1.165, 1.54) is 36.6 Å². The molecule has 158 valence electrons. The second-order valence-electron chi connectivity index (χ2n) is 8.12. The standard InChI is InChI=1S/C24H28N2O3S/c1-16-12-17(2)23-19(27)14-21(29-20(23)13-16)24(28)25-15-18(22-8-7-11-30-22)26-9-5-3-4-6-10-26/h7-8,11-14,18H,3-6,9-10,15H2,1-2H3,(H,25,28). The van der Waals surface area contributed by atoms with Crippen LogP contribution in [-0.2, 0) is 0 Å². The molecule has 1 aromatic carbocycles. The fourth-order valence-electron chi connectivity index (χ4n) is 4.35. The molecule has 1 saturated heterocycles. The summed E-state index contributed by atoms with van der Waals surface area (Å²) in [4.78, 5) is 29.2. The van der Waals surface area contributed by atoms with Gasteiger partial charge < -0.3 is 9.73 Å². The van der Waals surface area contributed by atoms with Crippen LogP contribution in [0.2, 0.25) is 0 Å². The number of fused-ring (bicyclic) bond motifs is 1. The monoisotopic (exact) mass is 424 g/mol. The van der Waals surface area contributed by atoms with Crippen molar-refractivity contribution in [3.63, 3.8) is 0 Å². The van der Waals surface area contributed by atoms with E-state index in [-0.39, 0.29) is 23.1 Å². The van der Waals surface area contributed by atoms with E-state index in [0.717, 1.165) is 24.2 Å². The molecule has 0 radical (unpaired) electrons. The van der Waals surface area contributed by atoms with Gasteiger partial charge in [-0.15, -0.1) is 11.3 Å². The molecule has 0 saturated carbocycles. The molecule has 4 rings (SSSR count). The van der Waals surface area contributed by atoms with E-state index in [4.69, 9.17) is 4.42 Å². The Bertz CT molecular complexity index is 1080. The minimum absolute atomic E-state index is 0.0679. The number of likely N-dealkylation sites (tertiary alicyclic amines) is 1. The van der Waals surface area contributed by atoms with Gasteiger partial charge in [-0.05, 0) is 68.4 Å². The molecule has 30 heavy (non-hydrogen) atoms. The van der Waals surface area contributed by atoms with Crippen LogP contribution < -0.4 is 10.7 Å².